The van der Waals surface area contributed by atoms with Gasteiger partial charge in [0.25, 0.3) is 0 Å². The molecule has 3 rings (SSSR count). The standard InChI is InChI=1S/C19H31N3.3ClH/c1-21-13-15-22(16-14-21)12-4-11-20-19-9-7-18(8-10-19)17-5-2-3-6-17;;;/h7-10,17,20H,2-6,11-16H2,1H3;3*1H. The van der Waals surface area contributed by atoms with Crippen LogP contribution in [0.3, 0.4) is 0 Å². The number of nitrogens with one attached hydrogen (secondary N) is 1. The Bertz CT molecular complexity index is 442. The summed E-state index contributed by atoms with van der Waals surface area (Å²) in [6, 6.07) is 9.20. The zero-order valence-corrected chi connectivity index (χ0v) is 17.7. The highest BCUT2D eigenvalue weighted by atomic mass is 35.5. The molecule has 25 heavy (non-hydrogen) atoms. The van der Waals surface area contributed by atoms with Crippen LogP contribution >= 0.6 is 37.2 Å². The highest BCUT2D eigenvalue weighted by molar-refractivity contribution is 5.86. The van der Waals surface area contributed by atoms with Crippen molar-refractivity contribution in [2.24, 2.45) is 0 Å². The van der Waals surface area contributed by atoms with Crippen LogP contribution in [0.1, 0.15) is 43.6 Å². The van der Waals surface area contributed by atoms with E-state index in [0.29, 0.717) is 0 Å². The van der Waals surface area contributed by atoms with Crippen molar-refractivity contribution in [3.8, 4) is 0 Å². The van der Waals surface area contributed by atoms with Crippen molar-refractivity contribution in [3.05, 3.63) is 29.8 Å². The molecule has 0 aromatic heterocycles. The average Bonchev–Trinajstić information content (AvgIpc) is 3.08. The molecule has 1 N–H and O–H groups in total. The van der Waals surface area contributed by atoms with Crippen LogP contribution in [-0.2, 0) is 0 Å². The Morgan fingerprint density at radius 1 is 0.920 bits per heavy atom. The summed E-state index contributed by atoms with van der Waals surface area (Å²) in [5.74, 6) is 0.825. The van der Waals surface area contributed by atoms with E-state index in [2.05, 4.69) is 46.4 Å². The lowest BCUT2D eigenvalue weighted by Crippen LogP contribution is -2.44. The number of nitrogens with zero attached hydrogens (tertiary/aromatic N) is 2. The Balaban J connectivity index is 0.00000192. The molecule has 0 atom stereocenters. The van der Waals surface area contributed by atoms with Crippen LogP contribution < -0.4 is 5.32 Å². The molecule has 2 fully saturated rings. The summed E-state index contributed by atoms with van der Waals surface area (Å²) in [6.45, 7) is 7.20. The molecule has 0 bridgehead atoms. The summed E-state index contributed by atoms with van der Waals surface area (Å²) in [5.41, 5.74) is 2.82. The number of benzene rings is 1. The van der Waals surface area contributed by atoms with Gasteiger partial charge in [-0.05, 0) is 56.5 Å². The van der Waals surface area contributed by atoms with E-state index in [1.807, 2.05) is 0 Å². The number of likely N-dealkylation sites (N-methyl/N-ethyl adjacent to an activating group) is 1. The van der Waals surface area contributed by atoms with Gasteiger partial charge in [0.2, 0.25) is 0 Å². The van der Waals surface area contributed by atoms with Gasteiger partial charge < -0.3 is 15.1 Å². The summed E-state index contributed by atoms with van der Waals surface area (Å²) in [7, 11) is 2.22. The lowest BCUT2D eigenvalue weighted by molar-refractivity contribution is 0.154. The van der Waals surface area contributed by atoms with Gasteiger partial charge in [0.05, 0.1) is 0 Å². The van der Waals surface area contributed by atoms with E-state index in [0.717, 1.165) is 12.5 Å². The first-order valence-electron chi connectivity index (χ1n) is 9.06. The van der Waals surface area contributed by atoms with Gasteiger partial charge in [-0.2, -0.15) is 0 Å². The maximum Gasteiger partial charge on any atom is 0.0340 e. The summed E-state index contributed by atoms with van der Waals surface area (Å²) in [4.78, 5) is 5.01. The number of anilines is 1. The zero-order valence-electron chi connectivity index (χ0n) is 15.3. The minimum absolute atomic E-state index is 0. The molecule has 1 saturated heterocycles. The van der Waals surface area contributed by atoms with Crippen molar-refractivity contribution >= 4 is 42.9 Å². The molecular weight excluding hydrogens is 377 g/mol. The average molecular weight is 411 g/mol. The Kier molecular flexibility index (Phi) is 13.0. The van der Waals surface area contributed by atoms with Crippen LogP contribution in [-0.4, -0.2) is 56.1 Å². The van der Waals surface area contributed by atoms with Gasteiger partial charge in [-0.1, -0.05) is 25.0 Å². The smallest absolute Gasteiger partial charge is 0.0340 e. The minimum Gasteiger partial charge on any atom is -0.385 e. The second-order valence-electron chi connectivity index (χ2n) is 7.03. The molecule has 1 saturated carbocycles. The van der Waals surface area contributed by atoms with Crippen LogP contribution in [0.25, 0.3) is 0 Å². The summed E-state index contributed by atoms with van der Waals surface area (Å²) < 4.78 is 0. The lowest BCUT2D eigenvalue weighted by Gasteiger charge is -2.32. The molecular formula is C19H34Cl3N3. The molecule has 146 valence electrons. The van der Waals surface area contributed by atoms with Gasteiger partial charge >= 0.3 is 0 Å². The molecule has 0 amide bonds. The van der Waals surface area contributed by atoms with Gasteiger partial charge in [0.15, 0.2) is 0 Å². The Labute approximate surface area is 172 Å². The monoisotopic (exact) mass is 409 g/mol. The maximum absolute atomic E-state index is 3.57. The third-order valence-electron chi connectivity index (χ3n) is 5.31. The van der Waals surface area contributed by atoms with Gasteiger partial charge in [-0.15, -0.1) is 37.2 Å². The first-order valence-corrected chi connectivity index (χ1v) is 9.06. The number of hydrogen-bond acceptors (Lipinski definition) is 3. The van der Waals surface area contributed by atoms with Crippen molar-refractivity contribution in [1.82, 2.24) is 9.80 Å². The topological polar surface area (TPSA) is 18.5 Å². The maximum atomic E-state index is 3.57. The Morgan fingerprint density at radius 2 is 1.52 bits per heavy atom. The van der Waals surface area contributed by atoms with Crippen molar-refractivity contribution in [1.29, 1.82) is 0 Å². The Hall–Kier alpha value is -0.190. The predicted octanol–water partition coefficient (Wildman–Crippen LogP) is 4.66. The molecule has 6 heteroatoms. The second-order valence-corrected chi connectivity index (χ2v) is 7.03. The highest BCUT2D eigenvalue weighted by Crippen LogP contribution is 2.34. The predicted molar refractivity (Wildman–Crippen MR) is 116 cm³/mol. The van der Waals surface area contributed by atoms with Crippen LogP contribution in [0, 0.1) is 0 Å². The summed E-state index contributed by atoms with van der Waals surface area (Å²) >= 11 is 0. The van der Waals surface area contributed by atoms with Crippen molar-refractivity contribution in [3.63, 3.8) is 0 Å². The third-order valence-corrected chi connectivity index (χ3v) is 5.31. The normalized spacial score (nSPS) is 18.8. The first-order chi connectivity index (χ1) is 10.8. The molecule has 1 aliphatic heterocycles. The van der Waals surface area contributed by atoms with E-state index in [-0.39, 0.29) is 37.2 Å². The van der Waals surface area contributed by atoms with Gasteiger partial charge in [-0.25, -0.2) is 0 Å². The fourth-order valence-electron chi connectivity index (χ4n) is 3.74. The van der Waals surface area contributed by atoms with Crippen molar-refractivity contribution in [2.75, 3.05) is 51.6 Å². The van der Waals surface area contributed by atoms with E-state index in [4.69, 9.17) is 0 Å². The first kappa shape index (κ1) is 24.8. The van der Waals surface area contributed by atoms with Gasteiger partial charge in [0, 0.05) is 38.4 Å². The van der Waals surface area contributed by atoms with Crippen LogP contribution in [0.15, 0.2) is 24.3 Å². The van der Waals surface area contributed by atoms with Crippen LogP contribution in [0.4, 0.5) is 5.69 Å². The molecule has 0 unspecified atom stereocenters. The molecule has 1 aromatic rings. The van der Waals surface area contributed by atoms with Crippen LogP contribution in [0.5, 0.6) is 0 Å². The van der Waals surface area contributed by atoms with Crippen molar-refractivity contribution < 1.29 is 0 Å². The van der Waals surface area contributed by atoms with E-state index >= 15 is 0 Å². The molecule has 1 aromatic carbocycles. The third kappa shape index (κ3) is 7.92. The molecule has 1 heterocycles. The SMILES string of the molecule is CN1CCN(CCCNc2ccc(C3CCCC3)cc2)CC1.Cl.Cl.Cl. The number of piperazine rings is 1. The molecule has 0 spiro atoms. The fourth-order valence-corrected chi connectivity index (χ4v) is 3.74. The van der Waals surface area contributed by atoms with E-state index in [1.54, 1.807) is 5.56 Å². The number of halogens is 3. The summed E-state index contributed by atoms with van der Waals surface area (Å²) in [5, 5.41) is 3.57. The molecule has 1 aliphatic carbocycles. The van der Waals surface area contributed by atoms with E-state index < -0.39 is 0 Å². The fraction of sp³-hybridized carbons (Fsp3) is 0.684. The van der Waals surface area contributed by atoms with E-state index in [9.17, 15) is 0 Å². The second kappa shape index (κ2) is 13.1. The van der Waals surface area contributed by atoms with Gasteiger partial charge in [-0.3, -0.25) is 0 Å². The Morgan fingerprint density at radius 3 is 2.12 bits per heavy atom. The zero-order chi connectivity index (χ0) is 15.2. The largest absolute Gasteiger partial charge is 0.385 e. The molecule has 2 aliphatic rings. The highest BCUT2D eigenvalue weighted by Gasteiger charge is 2.16. The number of rotatable bonds is 6. The number of hydrogen-bond donors (Lipinski definition) is 1. The van der Waals surface area contributed by atoms with Crippen molar-refractivity contribution in [2.45, 2.75) is 38.0 Å². The quantitative estimate of drug-likeness (QED) is 0.688. The minimum atomic E-state index is 0. The summed E-state index contributed by atoms with van der Waals surface area (Å²) in [6.07, 6.45) is 6.83. The molecule has 3 nitrogen and oxygen atoms in total. The lowest BCUT2D eigenvalue weighted by atomic mass is 9.98. The van der Waals surface area contributed by atoms with E-state index in [1.165, 1.54) is 70.5 Å². The van der Waals surface area contributed by atoms with Gasteiger partial charge in [0.1, 0.15) is 0 Å². The van der Waals surface area contributed by atoms with Crippen LogP contribution in [0.2, 0.25) is 0 Å². The molecule has 0 radical (unpaired) electrons.